The molecule has 138 valence electrons. The smallest absolute Gasteiger partial charge is 0.341 e. The largest absolute Gasteiger partial charge is 0.462 e. The molecule has 3 rings (SSSR count). The van der Waals surface area contributed by atoms with E-state index in [0.29, 0.717) is 17.1 Å². The Morgan fingerprint density at radius 3 is 2.33 bits per heavy atom. The highest BCUT2D eigenvalue weighted by Gasteiger charge is 2.19. The molecular formula is C21H20N2O3S. The molecule has 1 heterocycles. The van der Waals surface area contributed by atoms with Gasteiger partial charge in [0, 0.05) is 11.4 Å². The van der Waals surface area contributed by atoms with Crippen molar-refractivity contribution in [1.82, 2.24) is 5.32 Å². The molecule has 6 heteroatoms. The maximum atomic E-state index is 12.3. The number of carbonyl (C=O) groups is 2. The monoisotopic (exact) mass is 380 g/mol. The summed E-state index contributed by atoms with van der Waals surface area (Å²) < 4.78 is 5.12. The van der Waals surface area contributed by atoms with Crippen LogP contribution in [0.3, 0.4) is 0 Å². The highest BCUT2D eigenvalue weighted by Crippen LogP contribution is 2.35. The maximum Gasteiger partial charge on any atom is 0.341 e. The van der Waals surface area contributed by atoms with Crippen molar-refractivity contribution in [2.45, 2.75) is 13.5 Å². The molecule has 0 aliphatic heterocycles. The van der Waals surface area contributed by atoms with Gasteiger partial charge in [-0.1, -0.05) is 60.7 Å². The molecule has 0 aliphatic carbocycles. The van der Waals surface area contributed by atoms with E-state index in [2.05, 4.69) is 10.6 Å². The van der Waals surface area contributed by atoms with Gasteiger partial charge in [0.1, 0.15) is 5.00 Å². The van der Waals surface area contributed by atoms with E-state index in [9.17, 15) is 9.59 Å². The number of esters is 1. The van der Waals surface area contributed by atoms with Crippen LogP contribution in [0, 0.1) is 0 Å². The van der Waals surface area contributed by atoms with Crippen LogP contribution in [0.2, 0.25) is 0 Å². The Morgan fingerprint density at radius 2 is 1.67 bits per heavy atom. The molecule has 0 saturated carbocycles. The van der Waals surface area contributed by atoms with Gasteiger partial charge < -0.3 is 10.1 Å². The first-order valence-electron chi connectivity index (χ1n) is 8.62. The quantitative estimate of drug-likeness (QED) is 0.597. The maximum absolute atomic E-state index is 12.3. The third-order valence-corrected chi connectivity index (χ3v) is 4.91. The van der Waals surface area contributed by atoms with E-state index in [-0.39, 0.29) is 12.6 Å². The van der Waals surface area contributed by atoms with Crippen molar-refractivity contribution in [2.75, 3.05) is 11.9 Å². The van der Waals surface area contributed by atoms with E-state index in [1.165, 1.54) is 11.3 Å². The fourth-order valence-electron chi connectivity index (χ4n) is 2.51. The molecule has 2 aromatic carbocycles. The summed E-state index contributed by atoms with van der Waals surface area (Å²) in [5.41, 5.74) is 2.33. The van der Waals surface area contributed by atoms with E-state index in [0.717, 1.165) is 16.0 Å². The van der Waals surface area contributed by atoms with Crippen molar-refractivity contribution in [1.29, 1.82) is 0 Å². The number of ether oxygens (including phenoxy) is 1. The number of rotatable bonds is 6. The number of hydrogen-bond acceptors (Lipinski definition) is 4. The number of thiophene rings is 1. The van der Waals surface area contributed by atoms with E-state index >= 15 is 0 Å². The lowest BCUT2D eigenvalue weighted by atomic mass is 10.1. The van der Waals surface area contributed by atoms with Crippen LogP contribution in [-0.2, 0) is 11.3 Å². The zero-order valence-corrected chi connectivity index (χ0v) is 15.7. The van der Waals surface area contributed by atoms with Gasteiger partial charge in [-0.3, -0.25) is 5.32 Å². The number of urea groups is 1. The Labute approximate surface area is 162 Å². The molecule has 0 aliphatic rings. The number of anilines is 1. The molecule has 0 fully saturated rings. The van der Waals surface area contributed by atoms with Crippen LogP contribution in [0.4, 0.5) is 9.80 Å². The van der Waals surface area contributed by atoms with Crippen molar-refractivity contribution in [2.24, 2.45) is 0 Å². The number of nitrogens with one attached hydrogen (secondary N) is 2. The minimum atomic E-state index is -0.450. The van der Waals surface area contributed by atoms with Crippen molar-refractivity contribution in [3.63, 3.8) is 0 Å². The van der Waals surface area contributed by atoms with Crippen LogP contribution >= 0.6 is 11.3 Å². The van der Waals surface area contributed by atoms with Crippen LogP contribution in [-0.4, -0.2) is 18.6 Å². The summed E-state index contributed by atoms with van der Waals surface area (Å²) in [5.74, 6) is -0.450. The summed E-state index contributed by atoms with van der Waals surface area (Å²) in [6.07, 6.45) is 0. The third kappa shape index (κ3) is 4.95. The van der Waals surface area contributed by atoms with Gasteiger partial charge in [-0.05, 0) is 24.1 Å². The summed E-state index contributed by atoms with van der Waals surface area (Å²) in [4.78, 5) is 25.5. The molecule has 0 radical (unpaired) electrons. The average Bonchev–Trinajstić information content (AvgIpc) is 3.12. The summed E-state index contributed by atoms with van der Waals surface area (Å²) >= 11 is 1.34. The lowest BCUT2D eigenvalue weighted by molar-refractivity contribution is 0.0528. The average molecular weight is 380 g/mol. The fraction of sp³-hybridized carbons (Fsp3) is 0.143. The first-order valence-corrected chi connectivity index (χ1v) is 9.44. The third-order valence-electron chi connectivity index (χ3n) is 3.81. The van der Waals surface area contributed by atoms with Gasteiger partial charge in [-0.2, -0.15) is 0 Å². The first kappa shape index (κ1) is 18.7. The van der Waals surface area contributed by atoms with Gasteiger partial charge in [-0.25, -0.2) is 9.59 Å². The molecule has 27 heavy (non-hydrogen) atoms. The molecule has 0 atom stereocenters. The van der Waals surface area contributed by atoms with Gasteiger partial charge in [0.15, 0.2) is 0 Å². The molecule has 0 saturated heterocycles. The summed E-state index contributed by atoms with van der Waals surface area (Å²) in [6, 6.07) is 20.7. The highest BCUT2D eigenvalue weighted by molar-refractivity contribution is 7.20. The Hall–Kier alpha value is -3.12. The van der Waals surface area contributed by atoms with Crippen LogP contribution in [0.15, 0.2) is 66.7 Å². The summed E-state index contributed by atoms with van der Waals surface area (Å²) in [7, 11) is 0. The molecule has 3 aromatic rings. The molecule has 0 bridgehead atoms. The molecule has 0 spiro atoms. The lowest BCUT2D eigenvalue weighted by Crippen LogP contribution is -2.28. The second kappa shape index (κ2) is 9.00. The van der Waals surface area contributed by atoms with Gasteiger partial charge in [0.2, 0.25) is 0 Å². The van der Waals surface area contributed by atoms with Gasteiger partial charge in [0.05, 0.1) is 12.2 Å². The first-order chi connectivity index (χ1) is 13.2. The summed E-state index contributed by atoms with van der Waals surface area (Å²) in [5, 5.41) is 6.05. The predicted molar refractivity (Wildman–Crippen MR) is 108 cm³/mol. The fourth-order valence-corrected chi connectivity index (χ4v) is 3.56. The van der Waals surface area contributed by atoms with Crippen molar-refractivity contribution < 1.29 is 14.3 Å². The SMILES string of the molecule is CCOC(=O)c1cc(-c2ccccc2)sc1NC(=O)NCc1ccccc1. The number of benzene rings is 2. The van der Waals surface area contributed by atoms with Gasteiger partial charge >= 0.3 is 12.0 Å². The standard InChI is InChI=1S/C21H20N2O3S/c1-2-26-20(24)17-13-18(16-11-7-4-8-12-16)27-19(17)23-21(25)22-14-15-9-5-3-6-10-15/h3-13H,2,14H2,1H3,(H2,22,23,25). The highest BCUT2D eigenvalue weighted by atomic mass is 32.1. The summed E-state index contributed by atoms with van der Waals surface area (Å²) in [6.45, 7) is 2.43. The Kier molecular flexibility index (Phi) is 6.22. The number of carbonyl (C=O) groups excluding carboxylic acids is 2. The van der Waals surface area contributed by atoms with E-state index < -0.39 is 5.97 Å². The minimum absolute atomic E-state index is 0.273. The van der Waals surface area contributed by atoms with Gasteiger partial charge in [-0.15, -0.1) is 11.3 Å². The number of amides is 2. The second-order valence-corrected chi connectivity index (χ2v) is 6.79. The van der Waals surface area contributed by atoms with Crippen molar-refractivity contribution in [3.05, 3.63) is 77.9 Å². The predicted octanol–water partition coefficient (Wildman–Crippen LogP) is 4.91. The van der Waals surface area contributed by atoms with Crippen LogP contribution in [0.1, 0.15) is 22.8 Å². The Balaban J connectivity index is 1.77. The van der Waals surface area contributed by atoms with Crippen LogP contribution in [0.5, 0.6) is 0 Å². The Morgan fingerprint density at radius 1 is 1.00 bits per heavy atom. The number of hydrogen-bond donors (Lipinski definition) is 2. The van der Waals surface area contributed by atoms with E-state index in [4.69, 9.17) is 4.74 Å². The molecule has 5 nitrogen and oxygen atoms in total. The zero-order valence-electron chi connectivity index (χ0n) is 14.9. The van der Waals surface area contributed by atoms with Gasteiger partial charge in [0.25, 0.3) is 0 Å². The van der Waals surface area contributed by atoms with Crippen molar-refractivity contribution >= 4 is 28.3 Å². The van der Waals surface area contributed by atoms with Crippen molar-refractivity contribution in [3.8, 4) is 10.4 Å². The molecular weight excluding hydrogens is 360 g/mol. The Bertz CT molecular complexity index is 908. The molecule has 0 unspecified atom stereocenters. The van der Waals surface area contributed by atoms with Crippen LogP contribution in [0.25, 0.3) is 10.4 Å². The lowest BCUT2D eigenvalue weighted by Gasteiger charge is -2.08. The normalized spacial score (nSPS) is 10.3. The van der Waals surface area contributed by atoms with E-state index in [1.54, 1.807) is 13.0 Å². The van der Waals surface area contributed by atoms with Crippen LogP contribution < -0.4 is 10.6 Å². The second-order valence-electron chi connectivity index (χ2n) is 5.73. The molecule has 2 amide bonds. The zero-order chi connectivity index (χ0) is 19.1. The topological polar surface area (TPSA) is 67.4 Å². The molecule has 2 N–H and O–H groups in total. The molecule has 1 aromatic heterocycles. The minimum Gasteiger partial charge on any atom is -0.462 e. The van der Waals surface area contributed by atoms with E-state index in [1.807, 2.05) is 60.7 Å².